The quantitative estimate of drug-likeness (QED) is 0.472. The lowest BCUT2D eigenvalue weighted by molar-refractivity contribution is -0.384. The number of aromatic nitrogens is 1. The van der Waals surface area contributed by atoms with Crippen LogP contribution in [0.2, 0.25) is 5.15 Å². The van der Waals surface area contributed by atoms with Gasteiger partial charge in [0.2, 0.25) is 5.82 Å². The second kappa shape index (κ2) is 6.51. The summed E-state index contributed by atoms with van der Waals surface area (Å²) in [6.07, 6.45) is 0.0341. The molecule has 6 nitrogen and oxygen atoms in total. The Morgan fingerprint density at radius 1 is 1.56 bits per heavy atom. The second-order valence-corrected chi connectivity index (χ2v) is 4.81. The summed E-state index contributed by atoms with van der Waals surface area (Å²) in [6.45, 7) is 4.18. The summed E-state index contributed by atoms with van der Waals surface area (Å²) < 4.78 is 0. The zero-order valence-electron chi connectivity index (χ0n) is 10.3. The van der Waals surface area contributed by atoms with E-state index in [1.54, 1.807) is 0 Å². The number of pyridine rings is 1. The first-order valence-corrected chi connectivity index (χ1v) is 6.00. The molecular weight excluding hydrogens is 258 g/mol. The van der Waals surface area contributed by atoms with Gasteiger partial charge in [-0.15, -0.1) is 0 Å². The Bertz CT molecular complexity index is 426. The largest absolute Gasteiger partial charge is 0.391 e. The van der Waals surface area contributed by atoms with E-state index in [2.05, 4.69) is 10.3 Å². The molecule has 100 valence electrons. The molecule has 0 saturated heterocycles. The minimum Gasteiger partial charge on any atom is -0.391 e. The van der Waals surface area contributed by atoms with Gasteiger partial charge in [-0.2, -0.15) is 0 Å². The minimum absolute atomic E-state index is 0.0790. The van der Waals surface area contributed by atoms with Crippen molar-refractivity contribution >= 4 is 23.1 Å². The maximum atomic E-state index is 10.8. The fourth-order valence-corrected chi connectivity index (χ4v) is 1.69. The van der Waals surface area contributed by atoms with Gasteiger partial charge in [0, 0.05) is 12.6 Å². The van der Waals surface area contributed by atoms with Gasteiger partial charge in [-0.1, -0.05) is 25.4 Å². The zero-order valence-corrected chi connectivity index (χ0v) is 11.0. The van der Waals surface area contributed by atoms with E-state index in [4.69, 9.17) is 11.6 Å². The highest BCUT2D eigenvalue weighted by molar-refractivity contribution is 6.29. The van der Waals surface area contributed by atoms with E-state index in [1.807, 2.05) is 13.8 Å². The van der Waals surface area contributed by atoms with E-state index < -0.39 is 11.0 Å². The number of nitro groups is 1. The molecule has 0 saturated carbocycles. The number of aliphatic hydroxyl groups excluding tert-OH is 1. The lowest BCUT2D eigenvalue weighted by atomic mass is 10.1. The molecule has 1 atom stereocenters. The molecule has 1 heterocycles. The summed E-state index contributed by atoms with van der Waals surface area (Å²) in [5, 5.41) is 23.4. The molecule has 0 radical (unpaired) electrons. The summed E-state index contributed by atoms with van der Waals surface area (Å²) in [7, 11) is 0. The third kappa shape index (κ3) is 4.46. The maximum absolute atomic E-state index is 10.8. The topological polar surface area (TPSA) is 88.3 Å². The van der Waals surface area contributed by atoms with Crippen LogP contribution >= 0.6 is 11.6 Å². The molecule has 1 aromatic heterocycles. The van der Waals surface area contributed by atoms with E-state index in [0.717, 1.165) is 0 Å². The van der Waals surface area contributed by atoms with Gasteiger partial charge in [0.15, 0.2) is 0 Å². The number of hydrogen-bond acceptors (Lipinski definition) is 5. The molecule has 0 aliphatic carbocycles. The molecule has 1 rings (SSSR count). The lowest BCUT2D eigenvalue weighted by Gasteiger charge is -2.14. The van der Waals surface area contributed by atoms with Crippen molar-refractivity contribution in [1.82, 2.24) is 4.98 Å². The molecule has 0 aromatic carbocycles. The highest BCUT2D eigenvalue weighted by atomic mass is 35.5. The number of anilines is 1. The molecule has 0 fully saturated rings. The van der Waals surface area contributed by atoms with Crippen LogP contribution < -0.4 is 5.32 Å². The van der Waals surface area contributed by atoms with Crippen molar-refractivity contribution in [2.45, 2.75) is 26.4 Å². The van der Waals surface area contributed by atoms with E-state index in [0.29, 0.717) is 12.3 Å². The fourth-order valence-electron chi connectivity index (χ4n) is 1.55. The van der Waals surface area contributed by atoms with Crippen molar-refractivity contribution < 1.29 is 10.0 Å². The van der Waals surface area contributed by atoms with Crippen molar-refractivity contribution in [2.75, 3.05) is 11.9 Å². The summed E-state index contributed by atoms with van der Waals surface area (Å²) >= 11 is 5.68. The van der Waals surface area contributed by atoms with E-state index in [1.165, 1.54) is 12.1 Å². The predicted molar refractivity (Wildman–Crippen MR) is 69.9 cm³/mol. The average Bonchev–Trinajstić information content (AvgIpc) is 2.25. The van der Waals surface area contributed by atoms with Crippen LogP contribution in [0.15, 0.2) is 12.1 Å². The molecule has 2 N–H and O–H groups in total. The Balaban J connectivity index is 2.71. The Morgan fingerprint density at radius 2 is 2.22 bits per heavy atom. The van der Waals surface area contributed by atoms with Crippen LogP contribution in [0.25, 0.3) is 0 Å². The first kappa shape index (κ1) is 14.7. The van der Waals surface area contributed by atoms with Gasteiger partial charge < -0.3 is 10.4 Å². The standard InChI is InChI=1S/C11H16ClN3O3/c1-7(2)5-8(16)6-13-11-9(15(17)18)3-4-10(12)14-11/h3-4,7-8,16H,5-6H2,1-2H3,(H,13,14). The molecule has 0 aliphatic rings. The zero-order chi connectivity index (χ0) is 13.7. The third-order valence-electron chi connectivity index (χ3n) is 2.29. The first-order chi connectivity index (χ1) is 8.40. The Labute approximate surface area is 110 Å². The number of halogens is 1. The van der Waals surface area contributed by atoms with E-state index >= 15 is 0 Å². The summed E-state index contributed by atoms with van der Waals surface area (Å²) in [5.41, 5.74) is -0.156. The summed E-state index contributed by atoms with van der Waals surface area (Å²) in [4.78, 5) is 14.1. The highest BCUT2D eigenvalue weighted by Gasteiger charge is 2.16. The highest BCUT2D eigenvalue weighted by Crippen LogP contribution is 2.23. The second-order valence-electron chi connectivity index (χ2n) is 4.42. The van der Waals surface area contributed by atoms with Crippen LogP contribution in [-0.4, -0.2) is 27.7 Å². The van der Waals surface area contributed by atoms with Crippen LogP contribution in [0.3, 0.4) is 0 Å². The van der Waals surface area contributed by atoms with Gasteiger partial charge in [-0.3, -0.25) is 10.1 Å². The van der Waals surface area contributed by atoms with Gasteiger partial charge in [-0.05, 0) is 18.4 Å². The fraction of sp³-hybridized carbons (Fsp3) is 0.545. The number of rotatable bonds is 6. The van der Waals surface area contributed by atoms with Crippen LogP contribution in [0.5, 0.6) is 0 Å². The minimum atomic E-state index is -0.578. The SMILES string of the molecule is CC(C)CC(O)CNc1nc(Cl)ccc1[N+](=O)[O-]. The van der Waals surface area contributed by atoms with Gasteiger partial charge >= 0.3 is 5.69 Å². The van der Waals surface area contributed by atoms with Crippen molar-refractivity contribution in [3.63, 3.8) is 0 Å². The van der Waals surface area contributed by atoms with Crippen LogP contribution in [-0.2, 0) is 0 Å². The maximum Gasteiger partial charge on any atom is 0.311 e. The number of aliphatic hydroxyl groups is 1. The number of hydrogen-bond donors (Lipinski definition) is 2. The molecule has 1 aromatic rings. The number of nitrogens with zero attached hydrogens (tertiary/aromatic N) is 2. The summed E-state index contributed by atoms with van der Waals surface area (Å²) in [6, 6.07) is 2.64. The molecule has 0 amide bonds. The molecular formula is C11H16ClN3O3. The van der Waals surface area contributed by atoms with Crippen molar-refractivity contribution in [1.29, 1.82) is 0 Å². The van der Waals surface area contributed by atoms with Crippen LogP contribution in [0.1, 0.15) is 20.3 Å². The lowest BCUT2D eigenvalue weighted by Crippen LogP contribution is -2.22. The number of nitrogens with one attached hydrogen (secondary N) is 1. The summed E-state index contributed by atoms with van der Waals surface area (Å²) in [5.74, 6) is 0.430. The molecule has 0 aliphatic heterocycles. The van der Waals surface area contributed by atoms with E-state index in [-0.39, 0.29) is 23.2 Å². The molecule has 1 unspecified atom stereocenters. The van der Waals surface area contributed by atoms with Gasteiger partial charge in [0.25, 0.3) is 0 Å². The Hall–Kier alpha value is -1.40. The van der Waals surface area contributed by atoms with Crippen molar-refractivity contribution in [2.24, 2.45) is 5.92 Å². The third-order valence-corrected chi connectivity index (χ3v) is 2.50. The van der Waals surface area contributed by atoms with Crippen LogP contribution in [0.4, 0.5) is 11.5 Å². The van der Waals surface area contributed by atoms with Gasteiger partial charge in [-0.25, -0.2) is 4.98 Å². The molecule has 7 heteroatoms. The van der Waals surface area contributed by atoms with Crippen LogP contribution in [0, 0.1) is 16.0 Å². The normalized spacial score (nSPS) is 12.5. The Kier molecular flexibility index (Phi) is 5.30. The Morgan fingerprint density at radius 3 is 2.78 bits per heavy atom. The van der Waals surface area contributed by atoms with E-state index in [9.17, 15) is 15.2 Å². The molecule has 0 spiro atoms. The van der Waals surface area contributed by atoms with Crippen molar-refractivity contribution in [3.05, 3.63) is 27.4 Å². The smallest absolute Gasteiger partial charge is 0.311 e. The predicted octanol–water partition coefficient (Wildman–Crippen LogP) is 2.46. The first-order valence-electron chi connectivity index (χ1n) is 5.63. The van der Waals surface area contributed by atoms with Gasteiger partial charge in [0.1, 0.15) is 5.15 Å². The average molecular weight is 274 g/mol. The molecule has 18 heavy (non-hydrogen) atoms. The van der Waals surface area contributed by atoms with Crippen molar-refractivity contribution in [3.8, 4) is 0 Å². The molecule has 0 bridgehead atoms. The van der Waals surface area contributed by atoms with Gasteiger partial charge in [0.05, 0.1) is 11.0 Å². The monoisotopic (exact) mass is 273 g/mol.